The number of hydrogen-bond acceptors (Lipinski definition) is 1. The summed E-state index contributed by atoms with van der Waals surface area (Å²) in [6.45, 7) is 9.83. The van der Waals surface area contributed by atoms with Crippen LogP contribution < -0.4 is 5.32 Å². The first-order chi connectivity index (χ1) is 5.06. The highest BCUT2D eigenvalue weighted by Crippen LogP contribution is 2.57. The molecule has 1 saturated heterocycles. The van der Waals surface area contributed by atoms with Gasteiger partial charge in [0.2, 0.25) is 0 Å². The van der Waals surface area contributed by atoms with Crippen molar-refractivity contribution >= 4 is 0 Å². The minimum atomic E-state index is 0.579. The summed E-state index contributed by atoms with van der Waals surface area (Å²) in [6.07, 6.45) is 2.87. The third-order valence-electron chi connectivity index (χ3n) is 4.53. The van der Waals surface area contributed by atoms with Crippen LogP contribution in [0.25, 0.3) is 0 Å². The second kappa shape index (κ2) is 2.01. The fourth-order valence-electron chi connectivity index (χ4n) is 2.86. The van der Waals surface area contributed by atoms with Crippen molar-refractivity contribution in [3.63, 3.8) is 0 Å². The van der Waals surface area contributed by atoms with Crippen molar-refractivity contribution in [3.8, 4) is 0 Å². The molecule has 0 aromatic carbocycles. The zero-order chi connectivity index (χ0) is 8.11. The van der Waals surface area contributed by atoms with E-state index in [9.17, 15) is 0 Å². The maximum atomic E-state index is 3.54. The maximum absolute atomic E-state index is 3.54. The second-order valence-corrected chi connectivity index (χ2v) is 5.15. The summed E-state index contributed by atoms with van der Waals surface area (Å²) in [7, 11) is 0. The van der Waals surface area contributed by atoms with E-state index in [0.29, 0.717) is 10.8 Å². The highest BCUT2D eigenvalue weighted by molar-refractivity contribution is 5.04. The van der Waals surface area contributed by atoms with Crippen LogP contribution in [-0.4, -0.2) is 13.1 Å². The van der Waals surface area contributed by atoms with E-state index >= 15 is 0 Å². The van der Waals surface area contributed by atoms with Gasteiger partial charge in [0.15, 0.2) is 0 Å². The van der Waals surface area contributed by atoms with Crippen molar-refractivity contribution in [2.24, 2.45) is 16.7 Å². The number of rotatable bonds is 0. The summed E-state index contributed by atoms with van der Waals surface area (Å²) in [5, 5.41) is 3.54. The predicted octanol–water partition coefficient (Wildman–Crippen LogP) is 2.03. The van der Waals surface area contributed by atoms with E-state index in [2.05, 4.69) is 26.1 Å². The third-order valence-corrected chi connectivity index (χ3v) is 4.53. The molecule has 0 amide bonds. The molecule has 2 atom stereocenters. The molecule has 0 spiro atoms. The molecule has 2 fully saturated rings. The number of fused-ring (bicyclic) bond motifs is 2. The summed E-state index contributed by atoms with van der Waals surface area (Å²) in [4.78, 5) is 0. The lowest BCUT2D eigenvalue weighted by molar-refractivity contribution is 0.0546. The lowest BCUT2D eigenvalue weighted by Gasteiger charge is -2.46. The first kappa shape index (κ1) is 7.60. The van der Waals surface area contributed by atoms with E-state index in [4.69, 9.17) is 0 Å². The van der Waals surface area contributed by atoms with Gasteiger partial charge >= 0.3 is 0 Å². The van der Waals surface area contributed by atoms with Crippen molar-refractivity contribution in [1.29, 1.82) is 0 Å². The Morgan fingerprint density at radius 2 is 2.00 bits per heavy atom. The summed E-state index contributed by atoms with van der Waals surface area (Å²) in [5.41, 5.74) is 1.16. The smallest absolute Gasteiger partial charge is 0.00105 e. The molecule has 1 heterocycles. The summed E-state index contributed by atoms with van der Waals surface area (Å²) in [5.74, 6) is 0.932. The van der Waals surface area contributed by atoms with Gasteiger partial charge in [0.25, 0.3) is 0 Å². The molecule has 1 heteroatoms. The van der Waals surface area contributed by atoms with Gasteiger partial charge < -0.3 is 5.32 Å². The van der Waals surface area contributed by atoms with E-state index in [-0.39, 0.29) is 0 Å². The van der Waals surface area contributed by atoms with Gasteiger partial charge in [-0.25, -0.2) is 0 Å². The summed E-state index contributed by atoms with van der Waals surface area (Å²) < 4.78 is 0. The van der Waals surface area contributed by atoms with Gasteiger partial charge in [0.05, 0.1) is 0 Å². The minimum absolute atomic E-state index is 0.579. The Morgan fingerprint density at radius 1 is 1.27 bits per heavy atom. The normalized spacial score (nSPS) is 47.7. The van der Waals surface area contributed by atoms with Gasteiger partial charge in [-0.15, -0.1) is 0 Å². The van der Waals surface area contributed by atoms with Crippen LogP contribution in [-0.2, 0) is 0 Å². The molecule has 0 radical (unpaired) electrons. The molecule has 0 aromatic rings. The Bertz CT molecular complexity index is 167. The van der Waals surface area contributed by atoms with Gasteiger partial charge in [0, 0.05) is 6.54 Å². The zero-order valence-corrected chi connectivity index (χ0v) is 7.91. The van der Waals surface area contributed by atoms with E-state index in [1.807, 2.05) is 0 Å². The largest absolute Gasteiger partial charge is 0.316 e. The molecule has 1 nitrogen and oxygen atoms in total. The highest BCUT2D eigenvalue weighted by atomic mass is 14.9. The Morgan fingerprint density at radius 3 is 2.55 bits per heavy atom. The number of nitrogens with one attached hydrogen (secondary N) is 1. The van der Waals surface area contributed by atoms with Crippen molar-refractivity contribution < 1.29 is 0 Å². The van der Waals surface area contributed by atoms with E-state index < -0.39 is 0 Å². The summed E-state index contributed by atoms with van der Waals surface area (Å²) in [6, 6.07) is 0. The molecule has 0 aromatic heterocycles. The first-order valence-electron chi connectivity index (χ1n) is 4.77. The molecule has 1 aliphatic carbocycles. The van der Waals surface area contributed by atoms with Crippen molar-refractivity contribution in [2.75, 3.05) is 13.1 Å². The highest BCUT2D eigenvalue weighted by Gasteiger charge is 2.53. The molecule has 11 heavy (non-hydrogen) atoms. The molecular weight excluding hydrogens is 134 g/mol. The number of hydrogen-bond donors (Lipinski definition) is 1. The summed E-state index contributed by atoms with van der Waals surface area (Å²) >= 11 is 0. The lowest BCUT2D eigenvalue weighted by Crippen LogP contribution is -2.49. The molecule has 2 bridgehead atoms. The van der Waals surface area contributed by atoms with Crippen LogP contribution in [0.5, 0.6) is 0 Å². The van der Waals surface area contributed by atoms with E-state index in [1.165, 1.54) is 25.9 Å². The van der Waals surface area contributed by atoms with Crippen LogP contribution in [0.1, 0.15) is 33.6 Å². The Labute approximate surface area is 69.6 Å². The zero-order valence-electron chi connectivity index (χ0n) is 7.91. The average Bonchev–Trinajstić information content (AvgIpc) is 2.17. The van der Waals surface area contributed by atoms with Gasteiger partial charge in [-0.05, 0) is 36.1 Å². The van der Waals surface area contributed by atoms with Gasteiger partial charge in [-0.1, -0.05) is 20.8 Å². The van der Waals surface area contributed by atoms with Gasteiger partial charge in [-0.3, -0.25) is 0 Å². The predicted molar refractivity (Wildman–Crippen MR) is 47.5 cm³/mol. The molecular formula is C10H19N. The SMILES string of the molecule is CC1(C)[C@H]2CC[C@]1(C)CNC2. The molecule has 1 saturated carbocycles. The molecule has 2 aliphatic rings. The number of piperidine rings is 1. The molecule has 2 rings (SSSR count). The Balaban J connectivity index is 2.33. The quantitative estimate of drug-likeness (QED) is 0.561. The van der Waals surface area contributed by atoms with Crippen LogP contribution in [0.2, 0.25) is 0 Å². The van der Waals surface area contributed by atoms with Crippen LogP contribution in [0.4, 0.5) is 0 Å². The Kier molecular flexibility index (Phi) is 1.39. The maximum Gasteiger partial charge on any atom is 0.00105 e. The molecule has 64 valence electrons. The topological polar surface area (TPSA) is 12.0 Å². The van der Waals surface area contributed by atoms with E-state index in [0.717, 1.165) is 5.92 Å². The second-order valence-electron chi connectivity index (χ2n) is 5.15. The van der Waals surface area contributed by atoms with Gasteiger partial charge in [-0.2, -0.15) is 0 Å². The molecule has 1 N–H and O–H groups in total. The first-order valence-corrected chi connectivity index (χ1v) is 4.77. The van der Waals surface area contributed by atoms with Crippen molar-refractivity contribution in [2.45, 2.75) is 33.6 Å². The van der Waals surface area contributed by atoms with Crippen molar-refractivity contribution in [3.05, 3.63) is 0 Å². The third kappa shape index (κ3) is 0.807. The Hall–Kier alpha value is -0.0400. The van der Waals surface area contributed by atoms with Gasteiger partial charge in [0.1, 0.15) is 0 Å². The minimum Gasteiger partial charge on any atom is -0.316 e. The molecule has 1 aliphatic heterocycles. The fraction of sp³-hybridized carbons (Fsp3) is 1.00. The monoisotopic (exact) mass is 153 g/mol. The fourth-order valence-corrected chi connectivity index (χ4v) is 2.86. The lowest BCUT2D eigenvalue weighted by atomic mass is 9.64. The van der Waals surface area contributed by atoms with E-state index in [1.54, 1.807) is 0 Å². The van der Waals surface area contributed by atoms with Crippen molar-refractivity contribution in [1.82, 2.24) is 5.32 Å². The standard InChI is InChI=1S/C10H19N/c1-9(2)8-4-5-10(9,3)7-11-6-8/h8,11H,4-7H2,1-3H3/t8-,10+/m0/s1. The van der Waals surface area contributed by atoms with Crippen LogP contribution in [0.3, 0.4) is 0 Å². The van der Waals surface area contributed by atoms with Crippen LogP contribution >= 0.6 is 0 Å². The van der Waals surface area contributed by atoms with Crippen LogP contribution in [0.15, 0.2) is 0 Å². The average molecular weight is 153 g/mol. The van der Waals surface area contributed by atoms with Crippen LogP contribution in [0, 0.1) is 16.7 Å². The molecule has 0 unspecified atom stereocenters.